The van der Waals surface area contributed by atoms with E-state index in [1.54, 1.807) is 28.4 Å². The van der Waals surface area contributed by atoms with Crippen LogP contribution in [0.15, 0.2) is 0 Å². The Morgan fingerprint density at radius 1 is 0.567 bits per heavy atom. The lowest BCUT2D eigenvalue weighted by molar-refractivity contribution is 0.0462. The molecule has 30 heavy (non-hydrogen) atoms. The van der Waals surface area contributed by atoms with E-state index in [4.69, 9.17) is 42.9 Å². The van der Waals surface area contributed by atoms with Crippen molar-refractivity contribution in [3.8, 4) is 0 Å². The summed E-state index contributed by atoms with van der Waals surface area (Å²) in [6.45, 7) is 6.45. The van der Waals surface area contributed by atoms with Crippen molar-refractivity contribution in [1.29, 1.82) is 0 Å². The van der Waals surface area contributed by atoms with E-state index in [1.165, 1.54) is 0 Å². The van der Waals surface area contributed by atoms with Crippen LogP contribution in [0.1, 0.15) is 17.2 Å². The summed E-state index contributed by atoms with van der Waals surface area (Å²) in [4.78, 5) is 4.76. The van der Waals surface area contributed by atoms with Crippen LogP contribution in [0.25, 0.3) is 0 Å². The van der Waals surface area contributed by atoms with Gasteiger partial charge in [-0.15, -0.1) is 0 Å². The number of rotatable bonds is 21. The molecule has 0 aliphatic carbocycles. The second-order valence-electron chi connectivity index (χ2n) is 6.31. The van der Waals surface area contributed by atoms with Gasteiger partial charge in [-0.1, -0.05) is 0 Å². The summed E-state index contributed by atoms with van der Waals surface area (Å²) >= 11 is 0. The zero-order valence-corrected chi connectivity index (χ0v) is 18.9. The number of imidazole rings is 1. The predicted molar refractivity (Wildman–Crippen MR) is 110 cm³/mol. The van der Waals surface area contributed by atoms with Gasteiger partial charge in [-0.25, -0.2) is 4.98 Å². The molecule has 10 nitrogen and oxygen atoms in total. The lowest BCUT2D eigenvalue weighted by Crippen LogP contribution is -2.16. The van der Waals surface area contributed by atoms with Gasteiger partial charge in [0, 0.05) is 35.0 Å². The van der Waals surface area contributed by atoms with Gasteiger partial charge in [-0.05, 0) is 0 Å². The highest BCUT2D eigenvalue weighted by Crippen LogP contribution is 2.16. The Morgan fingerprint density at radius 2 is 1.07 bits per heavy atom. The second kappa shape index (κ2) is 18.6. The van der Waals surface area contributed by atoms with Gasteiger partial charge < -0.3 is 42.5 Å². The molecule has 0 atom stereocenters. The summed E-state index contributed by atoms with van der Waals surface area (Å²) in [5, 5.41) is 0. The van der Waals surface area contributed by atoms with Gasteiger partial charge in [0.1, 0.15) is 12.4 Å². The van der Waals surface area contributed by atoms with Crippen molar-refractivity contribution in [2.45, 2.75) is 26.4 Å². The molecule has 0 amide bonds. The summed E-state index contributed by atoms with van der Waals surface area (Å²) in [6.07, 6.45) is 0. The van der Waals surface area contributed by atoms with E-state index in [1.807, 2.05) is 0 Å². The molecule has 0 saturated heterocycles. The fourth-order valence-corrected chi connectivity index (χ4v) is 2.57. The van der Waals surface area contributed by atoms with Crippen LogP contribution in [0.5, 0.6) is 0 Å². The Balaban J connectivity index is 2.88. The van der Waals surface area contributed by atoms with Crippen molar-refractivity contribution in [2.24, 2.45) is 0 Å². The highest BCUT2D eigenvalue weighted by Gasteiger charge is 2.18. The minimum atomic E-state index is 0.366. The van der Waals surface area contributed by atoms with Crippen LogP contribution in [0.2, 0.25) is 0 Å². The van der Waals surface area contributed by atoms with Gasteiger partial charge in [-0.3, -0.25) is 0 Å². The zero-order chi connectivity index (χ0) is 21.9. The van der Waals surface area contributed by atoms with Gasteiger partial charge >= 0.3 is 0 Å². The molecule has 176 valence electrons. The third-order valence-corrected chi connectivity index (χ3v) is 4.13. The fraction of sp³-hybridized carbons (Fsp3) is 0.850. The second-order valence-corrected chi connectivity index (χ2v) is 6.31. The summed E-state index contributed by atoms with van der Waals surface area (Å²) in [5.41, 5.74) is 1.77. The molecule has 0 spiro atoms. The topological polar surface area (TPSA) is 91.7 Å². The van der Waals surface area contributed by atoms with Gasteiger partial charge in [0.15, 0.2) is 0 Å². The molecule has 0 saturated carbocycles. The molecule has 0 aromatic carbocycles. The molecule has 10 heteroatoms. The minimum absolute atomic E-state index is 0.366. The lowest BCUT2D eigenvalue weighted by Gasteiger charge is -2.14. The normalized spacial score (nSPS) is 11.5. The van der Waals surface area contributed by atoms with Crippen LogP contribution in [-0.4, -0.2) is 97.5 Å². The fourth-order valence-electron chi connectivity index (χ4n) is 2.57. The maximum Gasteiger partial charge on any atom is 0.135 e. The van der Waals surface area contributed by atoms with E-state index in [2.05, 4.69) is 4.57 Å². The van der Waals surface area contributed by atoms with Gasteiger partial charge in [0.2, 0.25) is 0 Å². The Labute approximate surface area is 179 Å². The molecule has 0 radical (unpaired) electrons. The van der Waals surface area contributed by atoms with E-state index in [0.717, 1.165) is 17.2 Å². The van der Waals surface area contributed by atoms with Crippen molar-refractivity contribution in [3.63, 3.8) is 0 Å². The molecule has 0 aliphatic heterocycles. The van der Waals surface area contributed by atoms with Crippen LogP contribution in [0.3, 0.4) is 0 Å². The summed E-state index contributed by atoms with van der Waals surface area (Å²) < 4.78 is 45.1. The Morgan fingerprint density at radius 3 is 1.63 bits per heavy atom. The maximum atomic E-state index is 5.78. The number of methoxy groups -OCH3 is 4. The molecule has 0 N–H and O–H groups in total. The van der Waals surface area contributed by atoms with E-state index >= 15 is 0 Å². The zero-order valence-electron chi connectivity index (χ0n) is 18.9. The average Bonchev–Trinajstić information content (AvgIpc) is 3.08. The first-order chi connectivity index (χ1) is 14.8. The highest BCUT2D eigenvalue weighted by molar-refractivity contribution is 5.16. The number of hydrogen-bond donors (Lipinski definition) is 0. The Kier molecular flexibility index (Phi) is 16.7. The van der Waals surface area contributed by atoms with Crippen LogP contribution in [-0.2, 0) is 64.3 Å². The van der Waals surface area contributed by atoms with Crippen LogP contribution < -0.4 is 0 Å². The van der Waals surface area contributed by atoms with E-state index < -0.39 is 0 Å². The van der Waals surface area contributed by atoms with Crippen LogP contribution >= 0.6 is 0 Å². The van der Waals surface area contributed by atoms with Crippen LogP contribution in [0, 0.1) is 0 Å². The summed E-state index contributed by atoms with van der Waals surface area (Å²) in [7, 11) is 6.59. The smallest absolute Gasteiger partial charge is 0.135 e. The minimum Gasteiger partial charge on any atom is -0.382 e. The van der Waals surface area contributed by atoms with Crippen molar-refractivity contribution in [3.05, 3.63) is 17.2 Å². The Bertz CT molecular complexity index is 527. The number of hydrogen-bond acceptors (Lipinski definition) is 9. The monoisotopic (exact) mass is 434 g/mol. The first-order valence-corrected chi connectivity index (χ1v) is 10.1. The van der Waals surface area contributed by atoms with Crippen molar-refractivity contribution < 1.29 is 37.9 Å². The van der Waals surface area contributed by atoms with Gasteiger partial charge in [0.05, 0.1) is 84.1 Å². The van der Waals surface area contributed by atoms with Crippen molar-refractivity contribution >= 4 is 0 Å². The molecule has 0 fully saturated rings. The average molecular weight is 435 g/mol. The maximum absolute atomic E-state index is 5.78. The summed E-state index contributed by atoms with van der Waals surface area (Å²) in [6, 6.07) is 0. The Hall–Kier alpha value is -1.11. The van der Waals surface area contributed by atoms with E-state index in [9.17, 15) is 0 Å². The molecule has 0 unspecified atom stereocenters. The SMILES string of the molecule is COCCOCCn1c(COCCOC)nc(COCCOC)c1COCCOC. The van der Waals surface area contributed by atoms with Crippen molar-refractivity contribution in [1.82, 2.24) is 9.55 Å². The highest BCUT2D eigenvalue weighted by atomic mass is 16.5. The molecule has 0 aliphatic rings. The lowest BCUT2D eigenvalue weighted by atomic mass is 10.3. The number of ether oxygens (including phenoxy) is 8. The third-order valence-electron chi connectivity index (χ3n) is 4.13. The van der Waals surface area contributed by atoms with Crippen LogP contribution in [0.4, 0.5) is 0 Å². The molecule has 0 bridgehead atoms. The number of nitrogens with zero attached hydrogens (tertiary/aromatic N) is 2. The molecular formula is C20H38N2O8. The molecular weight excluding hydrogens is 396 g/mol. The first-order valence-electron chi connectivity index (χ1n) is 10.1. The van der Waals surface area contributed by atoms with Gasteiger partial charge in [0.25, 0.3) is 0 Å². The third kappa shape index (κ3) is 11.3. The summed E-state index contributed by atoms with van der Waals surface area (Å²) in [5.74, 6) is 0.803. The largest absolute Gasteiger partial charge is 0.382 e. The molecule has 1 aromatic rings. The van der Waals surface area contributed by atoms with Crippen molar-refractivity contribution in [2.75, 3.05) is 87.9 Å². The first kappa shape index (κ1) is 26.9. The standard InChI is InChI=1S/C20H38N2O8/c1-23-7-11-27-6-5-22-19(16-29-13-9-25-3)18(15-28-12-8-24-2)21-20(22)17-30-14-10-26-4/h5-17H2,1-4H3. The quantitative estimate of drug-likeness (QED) is 0.263. The molecule has 1 heterocycles. The predicted octanol–water partition coefficient (Wildman–Crippen LogP) is 1.04. The molecule has 1 rings (SSSR count). The van der Waals surface area contributed by atoms with E-state index in [0.29, 0.717) is 85.8 Å². The van der Waals surface area contributed by atoms with Gasteiger partial charge in [-0.2, -0.15) is 0 Å². The molecule has 1 aromatic heterocycles. The van der Waals surface area contributed by atoms with E-state index in [-0.39, 0.29) is 0 Å². The number of aromatic nitrogens is 2.